The summed E-state index contributed by atoms with van der Waals surface area (Å²) in [5.41, 5.74) is 6.45. The van der Waals surface area contributed by atoms with Crippen LogP contribution in [0.5, 0.6) is 0 Å². The van der Waals surface area contributed by atoms with Gasteiger partial charge in [0, 0.05) is 16.9 Å². The fourth-order valence-electron chi connectivity index (χ4n) is 4.67. The normalized spacial score (nSPS) is 13.3. The van der Waals surface area contributed by atoms with Gasteiger partial charge in [0.1, 0.15) is 10.7 Å². The van der Waals surface area contributed by atoms with Gasteiger partial charge in [0.05, 0.1) is 23.6 Å². The van der Waals surface area contributed by atoms with Crippen molar-refractivity contribution in [1.82, 2.24) is 9.55 Å². The van der Waals surface area contributed by atoms with Crippen molar-refractivity contribution < 1.29 is 0 Å². The first-order valence-corrected chi connectivity index (χ1v) is 12.1. The Balaban J connectivity index is 1.67. The monoisotopic (exact) mass is 439 g/mol. The Kier molecular flexibility index (Phi) is 5.40. The first kappa shape index (κ1) is 20.7. The van der Waals surface area contributed by atoms with Gasteiger partial charge in [-0.2, -0.15) is 5.26 Å². The molecule has 0 unspecified atom stereocenters. The Hall–Kier alpha value is -3.23. The standard InChI is InChI=1S/C27H25N3OS/c1-17(2)25-29-26-24(27(31)30(25)15-19-7-5-6-18(12-19)14-28)23(16-32-26)22-11-10-20-8-3-4-9-21(20)13-22/h5-7,10-13,16-17H,3-4,8-9,15H2,1-2H3. The quantitative estimate of drug-likeness (QED) is 0.389. The molecule has 0 radical (unpaired) electrons. The minimum Gasteiger partial charge on any atom is -0.291 e. The van der Waals surface area contributed by atoms with Crippen molar-refractivity contribution in [3.8, 4) is 17.2 Å². The van der Waals surface area contributed by atoms with E-state index in [1.807, 2.05) is 18.2 Å². The van der Waals surface area contributed by atoms with E-state index in [4.69, 9.17) is 4.98 Å². The van der Waals surface area contributed by atoms with Crippen LogP contribution in [0.15, 0.2) is 52.6 Å². The van der Waals surface area contributed by atoms with Crippen LogP contribution in [0.1, 0.15) is 60.7 Å². The zero-order valence-electron chi connectivity index (χ0n) is 18.4. The van der Waals surface area contributed by atoms with E-state index in [1.54, 1.807) is 22.0 Å². The number of hydrogen-bond donors (Lipinski definition) is 0. The first-order valence-electron chi connectivity index (χ1n) is 11.2. The predicted octanol–water partition coefficient (Wildman–Crippen LogP) is 6.05. The largest absolute Gasteiger partial charge is 0.291 e. The van der Waals surface area contributed by atoms with Crippen molar-refractivity contribution >= 4 is 21.6 Å². The summed E-state index contributed by atoms with van der Waals surface area (Å²) >= 11 is 1.55. The van der Waals surface area contributed by atoms with Crippen molar-refractivity contribution in [3.05, 3.63) is 86.3 Å². The molecule has 0 atom stereocenters. The zero-order chi connectivity index (χ0) is 22.2. The average molecular weight is 440 g/mol. The Morgan fingerprint density at radius 3 is 2.72 bits per heavy atom. The summed E-state index contributed by atoms with van der Waals surface area (Å²) in [5, 5.41) is 12.0. The maximum Gasteiger partial charge on any atom is 0.263 e. The lowest BCUT2D eigenvalue weighted by Crippen LogP contribution is -2.26. The Labute approximate surface area is 191 Å². The summed E-state index contributed by atoms with van der Waals surface area (Å²) in [6, 6.07) is 16.3. The van der Waals surface area contributed by atoms with E-state index in [0.717, 1.165) is 40.2 Å². The number of benzene rings is 2. The van der Waals surface area contributed by atoms with Gasteiger partial charge in [-0.15, -0.1) is 11.3 Å². The Morgan fingerprint density at radius 1 is 1.12 bits per heavy atom. The second kappa shape index (κ2) is 8.37. The summed E-state index contributed by atoms with van der Waals surface area (Å²) in [7, 11) is 0. The lowest BCUT2D eigenvalue weighted by Gasteiger charge is -2.17. The molecule has 0 amide bonds. The van der Waals surface area contributed by atoms with Crippen molar-refractivity contribution in [3.63, 3.8) is 0 Å². The summed E-state index contributed by atoms with van der Waals surface area (Å²) in [6.07, 6.45) is 4.75. The van der Waals surface area contributed by atoms with Crippen LogP contribution in [0.25, 0.3) is 21.3 Å². The van der Waals surface area contributed by atoms with Crippen molar-refractivity contribution in [2.45, 2.75) is 52.0 Å². The number of thiophene rings is 1. The maximum atomic E-state index is 13.8. The van der Waals surface area contributed by atoms with Gasteiger partial charge in [-0.1, -0.05) is 44.2 Å². The van der Waals surface area contributed by atoms with Crippen LogP contribution in [-0.4, -0.2) is 9.55 Å². The smallest absolute Gasteiger partial charge is 0.263 e. The van der Waals surface area contributed by atoms with Crippen LogP contribution < -0.4 is 5.56 Å². The number of nitrogens with zero attached hydrogens (tertiary/aromatic N) is 3. The molecule has 0 N–H and O–H groups in total. The molecule has 4 aromatic rings. The van der Waals surface area contributed by atoms with Gasteiger partial charge in [-0.25, -0.2) is 4.98 Å². The molecule has 5 heteroatoms. The fourth-order valence-corrected chi connectivity index (χ4v) is 5.61. The van der Waals surface area contributed by atoms with Crippen molar-refractivity contribution in [2.75, 3.05) is 0 Å². The van der Waals surface area contributed by atoms with Crippen molar-refractivity contribution in [1.29, 1.82) is 5.26 Å². The van der Waals surface area contributed by atoms with Crippen LogP contribution in [0.4, 0.5) is 0 Å². The molecular formula is C27H25N3OS. The topological polar surface area (TPSA) is 58.7 Å². The number of fused-ring (bicyclic) bond motifs is 2. The van der Waals surface area contributed by atoms with E-state index in [1.165, 1.54) is 24.0 Å². The second-order valence-corrected chi connectivity index (χ2v) is 9.71. The highest BCUT2D eigenvalue weighted by molar-refractivity contribution is 7.17. The Morgan fingerprint density at radius 2 is 1.94 bits per heavy atom. The average Bonchev–Trinajstić information content (AvgIpc) is 3.25. The van der Waals surface area contributed by atoms with Gasteiger partial charge in [-0.05, 0) is 60.1 Å². The molecule has 0 bridgehead atoms. The highest BCUT2D eigenvalue weighted by Crippen LogP contribution is 2.34. The van der Waals surface area contributed by atoms with Gasteiger partial charge < -0.3 is 0 Å². The molecule has 1 aliphatic rings. The maximum absolute atomic E-state index is 13.8. The third kappa shape index (κ3) is 3.65. The summed E-state index contributed by atoms with van der Waals surface area (Å²) < 4.78 is 1.79. The number of aromatic nitrogens is 2. The summed E-state index contributed by atoms with van der Waals surface area (Å²) in [5.74, 6) is 0.893. The van der Waals surface area contributed by atoms with Gasteiger partial charge in [0.25, 0.3) is 5.56 Å². The number of rotatable bonds is 4. The molecule has 0 aliphatic heterocycles. The van der Waals surface area contributed by atoms with Crippen LogP contribution in [0.2, 0.25) is 0 Å². The van der Waals surface area contributed by atoms with E-state index in [0.29, 0.717) is 17.5 Å². The third-order valence-corrected chi connectivity index (χ3v) is 7.17. The van der Waals surface area contributed by atoms with E-state index >= 15 is 0 Å². The lowest BCUT2D eigenvalue weighted by molar-refractivity contribution is 0.635. The van der Waals surface area contributed by atoms with Gasteiger partial charge in [0.2, 0.25) is 0 Å². The molecule has 2 heterocycles. The van der Waals surface area contributed by atoms with Crippen LogP contribution in [-0.2, 0) is 19.4 Å². The molecular weight excluding hydrogens is 414 g/mol. The number of hydrogen-bond acceptors (Lipinski definition) is 4. The third-order valence-electron chi connectivity index (χ3n) is 6.30. The van der Waals surface area contributed by atoms with Gasteiger partial charge in [-0.3, -0.25) is 9.36 Å². The van der Waals surface area contributed by atoms with Crippen LogP contribution in [0.3, 0.4) is 0 Å². The van der Waals surface area contributed by atoms with E-state index < -0.39 is 0 Å². The number of aryl methyl sites for hydroxylation is 2. The molecule has 0 fully saturated rings. The molecule has 0 spiro atoms. The van der Waals surface area contributed by atoms with Crippen LogP contribution in [0, 0.1) is 11.3 Å². The van der Waals surface area contributed by atoms with Crippen molar-refractivity contribution in [2.24, 2.45) is 0 Å². The molecule has 0 saturated carbocycles. The van der Waals surface area contributed by atoms with Gasteiger partial charge >= 0.3 is 0 Å². The minimum atomic E-state index is -0.00460. The molecule has 2 aromatic heterocycles. The molecule has 4 nitrogen and oxygen atoms in total. The second-order valence-electron chi connectivity index (χ2n) is 8.85. The summed E-state index contributed by atoms with van der Waals surface area (Å²) in [4.78, 5) is 19.5. The first-order chi connectivity index (χ1) is 15.5. The highest BCUT2D eigenvalue weighted by Gasteiger charge is 2.20. The molecule has 32 heavy (non-hydrogen) atoms. The molecule has 5 rings (SSSR count). The van der Waals surface area contributed by atoms with E-state index in [9.17, 15) is 10.1 Å². The van der Waals surface area contributed by atoms with E-state index in [2.05, 4.69) is 43.5 Å². The SMILES string of the molecule is CC(C)c1nc2scc(-c3ccc4c(c3)CCCC4)c2c(=O)n1Cc1cccc(C#N)c1. The van der Waals surface area contributed by atoms with E-state index in [-0.39, 0.29) is 11.5 Å². The predicted molar refractivity (Wildman–Crippen MR) is 130 cm³/mol. The lowest BCUT2D eigenvalue weighted by atomic mass is 9.89. The number of nitriles is 1. The Bertz CT molecular complexity index is 1420. The summed E-state index contributed by atoms with van der Waals surface area (Å²) in [6.45, 7) is 4.53. The molecule has 1 aliphatic carbocycles. The molecule has 0 saturated heterocycles. The van der Waals surface area contributed by atoms with Gasteiger partial charge in [0.15, 0.2) is 0 Å². The minimum absolute atomic E-state index is 0.00460. The van der Waals surface area contributed by atoms with Crippen LogP contribution >= 0.6 is 11.3 Å². The fraction of sp³-hybridized carbons (Fsp3) is 0.296. The highest BCUT2D eigenvalue weighted by atomic mass is 32.1. The molecule has 2 aromatic carbocycles. The zero-order valence-corrected chi connectivity index (χ0v) is 19.2. The molecule has 160 valence electrons.